The molecule has 1 aliphatic heterocycles. The normalized spacial score (nSPS) is 12.1. The van der Waals surface area contributed by atoms with E-state index in [-0.39, 0.29) is 19.3 Å². The van der Waals surface area contributed by atoms with E-state index in [1.165, 1.54) is 6.33 Å². The number of rotatable bonds is 5. The molecule has 1 aliphatic rings. The van der Waals surface area contributed by atoms with Crippen molar-refractivity contribution in [2.24, 2.45) is 0 Å². The summed E-state index contributed by atoms with van der Waals surface area (Å²) in [7, 11) is 0. The zero-order valence-corrected chi connectivity index (χ0v) is 15.9. The minimum atomic E-state index is -0.297. The minimum Gasteiger partial charge on any atom is -0.467 e. The summed E-state index contributed by atoms with van der Waals surface area (Å²) in [4.78, 5) is 22.7. The van der Waals surface area contributed by atoms with E-state index < -0.39 is 0 Å². The van der Waals surface area contributed by atoms with E-state index in [0.717, 1.165) is 20.7 Å². The first-order valence-corrected chi connectivity index (χ1v) is 9.70. The summed E-state index contributed by atoms with van der Waals surface area (Å²) < 4.78 is 16.3. The third kappa shape index (κ3) is 3.57. The van der Waals surface area contributed by atoms with Crippen LogP contribution in [0.1, 0.15) is 0 Å². The molecule has 0 spiro atoms. The third-order valence-corrected chi connectivity index (χ3v) is 5.44. The molecule has 0 saturated carbocycles. The van der Waals surface area contributed by atoms with Crippen LogP contribution in [0.5, 0.6) is 17.4 Å². The van der Waals surface area contributed by atoms with Crippen LogP contribution in [0.25, 0.3) is 20.7 Å². The quantitative estimate of drug-likeness (QED) is 0.538. The van der Waals surface area contributed by atoms with Crippen LogP contribution in [0.3, 0.4) is 0 Å². The number of aromatic nitrogens is 2. The van der Waals surface area contributed by atoms with Gasteiger partial charge in [-0.1, -0.05) is 30.3 Å². The Labute approximate surface area is 169 Å². The molecule has 0 aliphatic carbocycles. The number of nitrogens with one attached hydrogen (secondary N) is 1. The average molecular weight is 405 g/mol. The molecular weight excluding hydrogens is 390 g/mol. The van der Waals surface area contributed by atoms with Gasteiger partial charge in [0.1, 0.15) is 11.2 Å². The molecule has 0 unspecified atom stereocenters. The molecule has 0 bridgehead atoms. The molecule has 144 valence electrons. The van der Waals surface area contributed by atoms with Crippen molar-refractivity contribution in [2.45, 2.75) is 0 Å². The van der Waals surface area contributed by atoms with Crippen molar-refractivity contribution in [3.05, 3.63) is 60.9 Å². The molecule has 1 amide bonds. The lowest BCUT2D eigenvalue weighted by molar-refractivity contribution is -0.118. The standard InChI is InChI=1S/C21H15N3O4S/c25-19(24-14-6-7-16-17(8-14)28-12-27-16)10-26-20-15-9-18(13-4-2-1-3-5-13)29-21(15)23-11-22-20/h1-9,11H,10,12H2,(H,24,25). The van der Waals surface area contributed by atoms with E-state index in [4.69, 9.17) is 14.2 Å². The largest absolute Gasteiger partial charge is 0.467 e. The van der Waals surface area contributed by atoms with Gasteiger partial charge in [0.2, 0.25) is 12.7 Å². The molecule has 0 saturated heterocycles. The molecule has 0 radical (unpaired) electrons. The molecule has 29 heavy (non-hydrogen) atoms. The van der Waals surface area contributed by atoms with Crippen LogP contribution in [0.4, 0.5) is 5.69 Å². The van der Waals surface area contributed by atoms with Crippen molar-refractivity contribution in [1.82, 2.24) is 9.97 Å². The third-order valence-electron chi connectivity index (χ3n) is 4.35. The summed E-state index contributed by atoms with van der Waals surface area (Å²) in [5, 5.41) is 3.57. The van der Waals surface area contributed by atoms with E-state index >= 15 is 0 Å². The summed E-state index contributed by atoms with van der Waals surface area (Å²) in [6.07, 6.45) is 1.44. The van der Waals surface area contributed by atoms with Gasteiger partial charge in [-0.3, -0.25) is 4.79 Å². The fourth-order valence-electron chi connectivity index (χ4n) is 3.00. The van der Waals surface area contributed by atoms with E-state index in [1.807, 2.05) is 36.4 Å². The Balaban J connectivity index is 1.30. The second-order valence-corrected chi connectivity index (χ2v) is 7.31. The van der Waals surface area contributed by atoms with E-state index in [1.54, 1.807) is 29.5 Å². The second-order valence-electron chi connectivity index (χ2n) is 6.28. The maximum absolute atomic E-state index is 12.3. The van der Waals surface area contributed by atoms with Gasteiger partial charge in [0.05, 0.1) is 5.39 Å². The van der Waals surface area contributed by atoms with Gasteiger partial charge in [0.15, 0.2) is 18.1 Å². The molecular formula is C21H15N3O4S. The maximum Gasteiger partial charge on any atom is 0.262 e. The van der Waals surface area contributed by atoms with Crippen LogP contribution in [0.15, 0.2) is 60.9 Å². The lowest BCUT2D eigenvalue weighted by Crippen LogP contribution is -2.20. The van der Waals surface area contributed by atoms with Crippen molar-refractivity contribution in [3.8, 4) is 27.8 Å². The zero-order chi connectivity index (χ0) is 19.6. The van der Waals surface area contributed by atoms with Crippen molar-refractivity contribution in [3.63, 3.8) is 0 Å². The smallest absolute Gasteiger partial charge is 0.262 e. The Bertz CT molecular complexity index is 1190. The number of benzene rings is 2. The number of nitrogens with zero attached hydrogens (tertiary/aromatic N) is 2. The maximum atomic E-state index is 12.3. The fraction of sp³-hybridized carbons (Fsp3) is 0.0952. The molecule has 2 aromatic carbocycles. The molecule has 7 nitrogen and oxygen atoms in total. The molecule has 0 fully saturated rings. The number of thiophene rings is 1. The lowest BCUT2D eigenvalue weighted by atomic mass is 10.2. The van der Waals surface area contributed by atoms with Crippen LogP contribution >= 0.6 is 11.3 Å². The number of hydrogen-bond donors (Lipinski definition) is 1. The first kappa shape index (κ1) is 17.4. The summed E-state index contributed by atoms with van der Waals surface area (Å²) >= 11 is 1.56. The Morgan fingerprint density at radius 2 is 1.93 bits per heavy atom. The Morgan fingerprint density at radius 1 is 1.07 bits per heavy atom. The van der Waals surface area contributed by atoms with Crippen LogP contribution < -0.4 is 19.5 Å². The first-order chi connectivity index (χ1) is 14.3. The van der Waals surface area contributed by atoms with Gasteiger partial charge >= 0.3 is 0 Å². The summed E-state index contributed by atoms with van der Waals surface area (Å²) in [5.74, 6) is 1.35. The highest BCUT2D eigenvalue weighted by Gasteiger charge is 2.15. The fourth-order valence-corrected chi connectivity index (χ4v) is 3.99. The van der Waals surface area contributed by atoms with Crippen LogP contribution in [-0.4, -0.2) is 29.3 Å². The highest BCUT2D eigenvalue weighted by molar-refractivity contribution is 7.21. The number of hydrogen-bond acceptors (Lipinski definition) is 7. The van der Waals surface area contributed by atoms with Gasteiger partial charge in [-0.2, -0.15) is 0 Å². The Kier molecular flexibility index (Phi) is 4.45. The van der Waals surface area contributed by atoms with Crippen molar-refractivity contribution >= 4 is 33.1 Å². The number of anilines is 1. The Morgan fingerprint density at radius 3 is 2.83 bits per heavy atom. The second kappa shape index (κ2) is 7.40. The Hall–Kier alpha value is -3.65. The van der Waals surface area contributed by atoms with Crippen molar-refractivity contribution in [2.75, 3.05) is 18.7 Å². The minimum absolute atomic E-state index is 0.170. The highest BCUT2D eigenvalue weighted by atomic mass is 32.1. The van der Waals surface area contributed by atoms with Gasteiger partial charge in [-0.05, 0) is 23.8 Å². The molecule has 2 aromatic heterocycles. The van der Waals surface area contributed by atoms with Crippen molar-refractivity contribution in [1.29, 1.82) is 0 Å². The van der Waals surface area contributed by atoms with Crippen molar-refractivity contribution < 1.29 is 19.0 Å². The van der Waals surface area contributed by atoms with E-state index in [0.29, 0.717) is 23.1 Å². The molecule has 4 aromatic rings. The monoisotopic (exact) mass is 405 g/mol. The topological polar surface area (TPSA) is 82.6 Å². The summed E-state index contributed by atoms with van der Waals surface area (Å²) in [5.41, 5.74) is 1.71. The molecule has 5 rings (SSSR count). The van der Waals surface area contributed by atoms with Gasteiger partial charge < -0.3 is 19.5 Å². The predicted molar refractivity (Wildman–Crippen MR) is 110 cm³/mol. The molecule has 0 atom stereocenters. The lowest BCUT2D eigenvalue weighted by Gasteiger charge is -2.08. The van der Waals surface area contributed by atoms with Gasteiger partial charge in [0, 0.05) is 16.6 Å². The average Bonchev–Trinajstić information content (AvgIpc) is 3.39. The number of carbonyl (C=O) groups excluding carboxylic acids is 1. The van der Waals surface area contributed by atoms with Gasteiger partial charge in [0.25, 0.3) is 5.91 Å². The molecule has 3 heterocycles. The molecule has 8 heteroatoms. The summed E-state index contributed by atoms with van der Waals surface area (Å²) in [6.45, 7) is 0.0161. The first-order valence-electron chi connectivity index (χ1n) is 8.88. The van der Waals surface area contributed by atoms with Gasteiger partial charge in [-0.25, -0.2) is 9.97 Å². The number of ether oxygens (including phenoxy) is 3. The van der Waals surface area contributed by atoms with E-state index in [9.17, 15) is 4.79 Å². The van der Waals surface area contributed by atoms with Crippen LogP contribution in [0, 0.1) is 0 Å². The number of carbonyl (C=O) groups is 1. The number of fused-ring (bicyclic) bond motifs is 2. The zero-order valence-electron chi connectivity index (χ0n) is 15.1. The predicted octanol–water partition coefficient (Wildman–Crippen LogP) is 4.10. The van der Waals surface area contributed by atoms with Gasteiger partial charge in [-0.15, -0.1) is 11.3 Å². The highest BCUT2D eigenvalue weighted by Crippen LogP contribution is 2.36. The summed E-state index contributed by atoms with van der Waals surface area (Å²) in [6, 6.07) is 17.2. The number of amides is 1. The van der Waals surface area contributed by atoms with Crippen LogP contribution in [0.2, 0.25) is 0 Å². The van der Waals surface area contributed by atoms with Crippen LogP contribution in [-0.2, 0) is 4.79 Å². The van der Waals surface area contributed by atoms with E-state index in [2.05, 4.69) is 15.3 Å². The molecule has 1 N–H and O–H groups in total. The SMILES string of the molecule is O=C(COc1ncnc2sc(-c3ccccc3)cc12)Nc1ccc2c(c1)OCO2.